The number of hydrogen-bond donors (Lipinski definition) is 0. The average Bonchev–Trinajstić information content (AvgIpc) is 2.42. The smallest absolute Gasteiger partial charge is 0.134 e. The van der Waals surface area contributed by atoms with Gasteiger partial charge in [0.05, 0.1) is 0 Å². The first-order valence-electron chi connectivity index (χ1n) is 7.57. The SMILES string of the molecule is CC[C@@H]1[C@@H]2CCN(Cc3ccccc3)[C@H]1CC(=O)C2. The highest BCUT2D eigenvalue weighted by molar-refractivity contribution is 5.80. The summed E-state index contributed by atoms with van der Waals surface area (Å²) >= 11 is 0. The number of likely N-dealkylation sites (tertiary alicyclic amines) is 1. The molecule has 2 fully saturated rings. The number of Topliss-reactive ketones (excluding diaryl/α,β-unsaturated/α-hetero) is 1. The van der Waals surface area contributed by atoms with Gasteiger partial charge in [-0.1, -0.05) is 43.7 Å². The van der Waals surface area contributed by atoms with Crippen LogP contribution >= 0.6 is 0 Å². The summed E-state index contributed by atoms with van der Waals surface area (Å²) in [7, 11) is 0. The monoisotopic (exact) mass is 257 g/mol. The minimum Gasteiger partial charge on any atom is -0.300 e. The molecule has 2 heteroatoms. The van der Waals surface area contributed by atoms with Crippen LogP contribution in [0.25, 0.3) is 0 Å². The molecule has 1 aliphatic carbocycles. The fourth-order valence-corrected chi connectivity index (χ4v) is 4.06. The highest BCUT2D eigenvalue weighted by atomic mass is 16.1. The van der Waals surface area contributed by atoms with E-state index in [1.165, 1.54) is 18.4 Å². The van der Waals surface area contributed by atoms with E-state index in [4.69, 9.17) is 0 Å². The van der Waals surface area contributed by atoms with Crippen molar-refractivity contribution in [1.82, 2.24) is 4.90 Å². The van der Waals surface area contributed by atoms with Gasteiger partial charge in [-0.15, -0.1) is 0 Å². The van der Waals surface area contributed by atoms with Gasteiger partial charge in [0.15, 0.2) is 0 Å². The van der Waals surface area contributed by atoms with Crippen molar-refractivity contribution in [1.29, 1.82) is 0 Å². The molecule has 0 unspecified atom stereocenters. The van der Waals surface area contributed by atoms with Crippen molar-refractivity contribution >= 4 is 5.78 Å². The summed E-state index contributed by atoms with van der Waals surface area (Å²) in [5, 5.41) is 0. The Bertz CT molecular complexity index is 442. The van der Waals surface area contributed by atoms with Gasteiger partial charge in [-0.05, 0) is 30.4 Å². The second kappa shape index (κ2) is 5.46. The Morgan fingerprint density at radius 2 is 2.00 bits per heavy atom. The Morgan fingerprint density at radius 1 is 1.21 bits per heavy atom. The van der Waals surface area contributed by atoms with Crippen molar-refractivity contribution in [2.45, 2.75) is 45.2 Å². The molecule has 2 aliphatic rings. The minimum absolute atomic E-state index is 0.484. The van der Waals surface area contributed by atoms with Crippen LogP contribution in [0.5, 0.6) is 0 Å². The molecule has 2 bridgehead atoms. The van der Waals surface area contributed by atoms with Gasteiger partial charge in [0.2, 0.25) is 0 Å². The highest BCUT2D eigenvalue weighted by Crippen LogP contribution is 2.40. The van der Waals surface area contributed by atoms with Gasteiger partial charge < -0.3 is 0 Å². The van der Waals surface area contributed by atoms with Gasteiger partial charge in [0.25, 0.3) is 0 Å². The highest BCUT2D eigenvalue weighted by Gasteiger charge is 2.42. The molecular weight excluding hydrogens is 234 g/mol. The lowest BCUT2D eigenvalue weighted by Crippen LogP contribution is -2.52. The molecule has 102 valence electrons. The van der Waals surface area contributed by atoms with Crippen molar-refractivity contribution in [3.05, 3.63) is 35.9 Å². The van der Waals surface area contributed by atoms with E-state index in [-0.39, 0.29) is 0 Å². The Balaban J connectivity index is 1.76. The third kappa shape index (κ3) is 2.59. The molecule has 1 saturated heterocycles. The Morgan fingerprint density at radius 3 is 2.74 bits per heavy atom. The lowest BCUT2D eigenvalue weighted by Gasteiger charge is -2.48. The second-order valence-electron chi connectivity index (χ2n) is 6.09. The number of fused-ring (bicyclic) bond motifs is 2. The summed E-state index contributed by atoms with van der Waals surface area (Å²) in [6.07, 6.45) is 4.04. The first-order chi connectivity index (χ1) is 9.28. The lowest BCUT2D eigenvalue weighted by molar-refractivity contribution is -0.128. The topological polar surface area (TPSA) is 20.3 Å². The summed E-state index contributed by atoms with van der Waals surface area (Å²) in [4.78, 5) is 14.5. The van der Waals surface area contributed by atoms with Gasteiger partial charge in [0.1, 0.15) is 5.78 Å². The molecule has 0 N–H and O–H groups in total. The predicted molar refractivity (Wildman–Crippen MR) is 76.8 cm³/mol. The zero-order chi connectivity index (χ0) is 13.2. The van der Waals surface area contributed by atoms with Crippen LogP contribution in [0.3, 0.4) is 0 Å². The fraction of sp³-hybridized carbons (Fsp3) is 0.588. The molecule has 0 spiro atoms. The normalized spacial score (nSPS) is 31.4. The standard InChI is InChI=1S/C17H23NO/c1-2-16-14-8-9-18(17(16)11-15(19)10-14)12-13-6-4-3-5-7-13/h3-7,14,16-17H,2,8-12H2,1H3/t14-,16-,17+/m1/s1. The van der Waals surface area contributed by atoms with Crippen molar-refractivity contribution in [2.24, 2.45) is 11.8 Å². The van der Waals surface area contributed by atoms with E-state index >= 15 is 0 Å². The first kappa shape index (κ1) is 12.9. The predicted octanol–water partition coefficient (Wildman–Crippen LogP) is 3.27. The average molecular weight is 257 g/mol. The number of carbonyl (C=O) groups is 1. The molecule has 2 nitrogen and oxygen atoms in total. The second-order valence-corrected chi connectivity index (χ2v) is 6.09. The van der Waals surface area contributed by atoms with Crippen LogP contribution in [0.1, 0.15) is 38.2 Å². The number of piperidine rings is 1. The Hall–Kier alpha value is -1.15. The van der Waals surface area contributed by atoms with E-state index in [9.17, 15) is 4.79 Å². The minimum atomic E-state index is 0.484. The maximum Gasteiger partial charge on any atom is 0.134 e. The molecule has 0 amide bonds. The zero-order valence-corrected chi connectivity index (χ0v) is 11.7. The quantitative estimate of drug-likeness (QED) is 0.828. The van der Waals surface area contributed by atoms with Crippen molar-refractivity contribution < 1.29 is 4.79 Å². The molecule has 1 aliphatic heterocycles. The number of carbonyl (C=O) groups excluding carboxylic acids is 1. The number of benzene rings is 1. The molecule has 0 aromatic heterocycles. The summed E-state index contributed by atoms with van der Waals surface area (Å²) in [5.41, 5.74) is 1.37. The number of ketones is 1. The summed E-state index contributed by atoms with van der Waals surface area (Å²) in [6.45, 7) is 4.45. The molecule has 1 aromatic carbocycles. The van der Waals surface area contributed by atoms with Crippen LogP contribution in [0.15, 0.2) is 30.3 Å². The van der Waals surface area contributed by atoms with Crippen LogP contribution in [-0.4, -0.2) is 23.3 Å². The third-order valence-electron chi connectivity index (χ3n) is 4.98. The molecule has 1 heterocycles. The van der Waals surface area contributed by atoms with E-state index in [1.54, 1.807) is 0 Å². The van der Waals surface area contributed by atoms with E-state index in [2.05, 4.69) is 42.2 Å². The van der Waals surface area contributed by atoms with E-state index < -0.39 is 0 Å². The summed E-state index contributed by atoms with van der Waals surface area (Å²) in [6, 6.07) is 11.1. The maximum absolute atomic E-state index is 11.9. The van der Waals surface area contributed by atoms with Crippen LogP contribution in [0, 0.1) is 11.8 Å². The van der Waals surface area contributed by atoms with Crippen LogP contribution < -0.4 is 0 Å². The maximum atomic E-state index is 11.9. The number of hydrogen-bond acceptors (Lipinski definition) is 2. The molecule has 1 aromatic rings. The molecule has 3 rings (SSSR count). The fourth-order valence-electron chi connectivity index (χ4n) is 4.06. The van der Waals surface area contributed by atoms with Crippen LogP contribution in [-0.2, 0) is 11.3 Å². The lowest BCUT2D eigenvalue weighted by atomic mass is 9.69. The van der Waals surface area contributed by atoms with Gasteiger partial charge in [-0.2, -0.15) is 0 Å². The number of rotatable bonds is 3. The van der Waals surface area contributed by atoms with E-state index in [0.29, 0.717) is 17.7 Å². The van der Waals surface area contributed by atoms with Gasteiger partial charge in [-0.25, -0.2) is 0 Å². The summed E-state index contributed by atoms with van der Waals surface area (Å²) in [5.74, 6) is 1.87. The Labute approximate surface area is 115 Å². The van der Waals surface area contributed by atoms with Gasteiger partial charge in [0, 0.05) is 25.4 Å². The molecule has 1 saturated carbocycles. The van der Waals surface area contributed by atoms with Crippen molar-refractivity contribution in [3.8, 4) is 0 Å². The van der Waals surface area contributed by atoms with Crippen LogP contribution in [0.2, 0.25) is 0 Å². The third-order valence-corrected chi connectivity index (χ3v) is 4.98. The number of nitrogens with zero attached hydrogens (tertiary/aromatic N) is 1. The van der Waals surface area contributed by atoms with Crippen molar-refractivity contribution in [2.75, 3.05) is 6.54 Å². The molecule has 19 heavy (non-hydrogen) atoms. The van der Waals surface area contributed by atoms with E-state index in [0.717, 1.165) is 31.8 Å². The van der Waals surface area contributed by atoms with Gasteiger partial charge >= 0.3 is 0 Å². The van der Waals surface area contributed by atoms with Crippen LogP contribution in [0.4, 0.5) is 0 Å². The van der Waals surface area contributed by atoms with Gasteiger partial charge in [-0.3, -0.25) is 9.69 Å². The summed E-state index contributed by atoms with van der Waals surface area (Å²) < 4.78 is 0. The zero-order valence-electron chi connectivity index (χ0n) is 11.7. The molecule has 3 atom stereocenters. The largest absolute Gasteiger partial charge is 0.300 e. The Kier molecular flexibility index (Phi) is 3.69. The first-order valence-corrected chi connectivity index (χ1v) is 7.57. The van der Waals surface area contributed by atoms with Crippen molar-refractivity contribution in [3.63, 3.8) is 0 Å². The molecular formula is C17H23NO. The van der Waals surface area contributed by atoms with E-state index in [1.807, 2.05) is 0 Å². The molecule has 0 radical (unpaired) electrons.